The van der Waals surface area contributed by atoms with Crippen molar-refractivity contribution in [2.75, 3.05) is 18.0 Å². The highest BCUT2D eigenvalue weighted by Gasteiger charge is 2.22. The van der Waals surface area contributed by atoms with Crippen LogP contribution in [0.3, 0.4) is 0 Å². The first-order valence-electron chi connectivity index (χ1n) is 8.92. The van der Waals surface area contributed by atoms with Crippen LogP contribution < -0.4 is 4.90 Å². The van der Waals surface area contributed by atoms with Crippen molar-refractivity contribution in [3.63, 3.8) is 0 Å². The number of aliphatic hydroxyl groups is 1. The summed E-state index contributed by atoms with van der Waals surface area (Å²) in [6.45, 7) is 1.43. The maximum absolute atomic E-state index is 9.80. The molecular formula is C20H18N6O. The number of hydrogen-bond acceptors (Lipinski definition) is 6. The number of anilines is 1. The average Bonchev–Trinajstić information content (AvgIpc) is 3.34. The Labute approximate surface area is 155 Å². The Morgan fingerprint density at radius 2 is 2.04 bits per heavy atom. The molecule has 2 N–H and O–H groups in total. The Morgan fingerprint density at radius 1 is 1.07 bits per heavy atom. The van der Waals surface area contributed by atoms with Crippen LogP contribution in [-0.2, 0) is 0 Å². The predicted octanol–water partition coefficient (Wildman–Crippen LogP) is 2.65. The number of β-amino-alcohol motifs (C(OH)–C–C–N with tert-alkyl or cyclic N) is 1. The second-order valence-electron chi connectivity index (χ2n) is 6.72. The van der Waals surface area contributed by atoms with Gasteiger partial charge in [0.2, 0.25) is 0 Å². The lowest BCUT2D eigenvalue weighted by atomic mass is 10.1. The van der Waals surface area contributed by atoms with Crippen LogP contribution >= 0.6 is 0 Å². The molecule has 1 fully saturated rings. The van der Waals surface area contributed by atoms with Crippen molar-refractivity contribution in [3.8, 4) is 22.5 Å². The van der Waals surface area contributed by atoms with Gasteiger partial charge in [-0.25, -0.2) is 4.98 Å². The minimum Gasteiger partial charge on any atom is -0.391 e. The normalized spacial score (nSPS) is 16.9. The molecule has 4 aromatic rings. The number of fused-ring (bicyclic) bond motifs is 1. The van der Waals surface area contributed by atoms with E-state index in [1.807, 2.05) is 30.3 Å². The van der Waals surface area contributed by atoms with Gasteiger partial charge < -0.3 is 10.0 Å². The van der Waals surface area contributed by atoms with E-state index in [4.69, 9.17) is 0 Å². The van der Waals surface area contributed by atoms with Gasteiger partial charge in [0.05, 0.1) is 23.5 Å². The molecule has 5 heterocycles. The summed E-state index contributed by atoms with van der Waals surface area (Å²) in [6, 6.07) is 9.90. The van der Waals surface area contributed by atoms with Crippen molar-refractivity contribution in [1.82, 2.24) is 25.1 Å². The first-order chi connectivity index (χ1) is 13.3. The van der Waals surface area contributed by atoms with E-state index < -0.39 is 0 Å². The number of nitrogens with one attached hydrogen (secondary N) is 1. The Kier molecular flexibility index (Phi) is 3.79. The smallest absolute Gasteiger partial charge is 0.129 e. The molecule has 1 atom stereocenters. The van der Waals surface area contributed by atoms with E-state index in [0.29, 0.717) is 6.54 Å². The van der Waals surface area contributed by atoms with Gasteiger partial charge in [-0.2, -0.15) is 5.10 Å². The van der Waals surface area contributed by atoms with Crippen LogP contribution in [0.2, 0.25) is 0 Å². The third-order valence-electron chi connectivity index (χ3n) is 4.91. The van der Waals surface area contributed by atoms with Gasteiger partial charge in [-0.05, 0) is 36.8 Å². The molecule has 0 amide bonds. The molecule has 1 aliphatic heterocycles. The fraction of sp³-hybridized carbons (Fsp3) is 0.200. The molecule has 7 nitrogen and oxygen atoms in total. The van der Waals surface area contributed by atoms with E-state index >= 15 is 0 Å². The number of H-pyrrole nitrogens is 1. The number of aliphatic hydroxyl groups excluding tert-OH is 1. The number of aromatic nitrogens is 5. The van der Waals surface area contributed by atoms with Gasteiger partial charge in [0, 0.05) is 48.2 Å². The van der Waals surface area contributed by atoms with Crippen molar-refractivity contribution in [1.29, 1.82) is 0 Å². The summed E-state index contributed by atoms with van der Waals surface area (Å²) in [5, 5.41) is 18.4. The minimum absolute atomic E-state index is 0.283. The number of hydrogen-bond donors (Lipinski definition) is 2. The van der Waals surface area contributed by atoms with Gasteiger partial charge >= 0.3 is 0 Å². The largest absolute Gasteiger partial charge is 0.391 e. The van der Waals surface area contributed by atoms with Gasteiger partial charge in [-0.3, -0.25) is 15.1 Å². The molecule has 5 rings (SSSR count). The van der Waals surface area contributed by atoms with Gasteiger partial charge in [0.1, 0.15) is 11.5 Å². The summed E-state index contributed by atoms with van der Waals surface area (Å²) in [5.41, 5.74) is 4.55. The fourth-order valence-corrected chi connectivity index (χ4v) is 3.50. The van der Waals surface area contributed by atoms with Crippen LogP contribution in [0.5, 0.6) is 0 Å². The van der Waals surface area contributed by atoms with E-state index in [1.165, 1.54) is 0 Å². The first kappa shape index (κ1) is 15.9. The molecule has 0 aliphatic carbocycles. The standard InChI is InChI=1S/C20H18N6O/c27-15-4-7-26(12-15)19-8-13(3-6-22-19)20-16-9-17(14-2-1-5-21-10-14)23-11-18(16)24-25-20/h1-3,5-6,8-11,15,27H,4,7,12H2,(H,24,25)/t15-/m0/s1. The van der Waals surface area contributed by atoms with E-state index in [-0.39, 0.29) is 6.10 Å². The molecule has 0 spiro atoms. The molecule has 0 bridgehead atoms. The SMILES string of the molecule is O[C@H]1CCN(c2cc(-c3n[nH]c4cnc(-c5cccnc5)cc34)ccn2)C1. The molecule has 0 saturated carbocycles. The summed E-state index contributed by atoms with van der Waals surface area (Å²) < 4.78 is 0. The van der Waals surface area contributed by atoms with Crippen molar-refractivity contribution >= 4 is 16.7 Å². The summed E-state index contributed by atoms with van der Waals surface area (Å²) >= 11 is 0. The second kappa shape index (κ2) is 6.44. The van der Waals surface area contributed by atoms with E-state index in [1.54, 1.807) is 24.8 Å². The number of aromatic amines is 1. The summed E-state index contributed by atoms with van der Waals surface area (Å²) in [7, 11) is 0. The summed E-state index contributed by atoms with van der Waals surface area (Å²) in [4.78, 5) is 15.3. The van der Waals surface area contributed by atoms with Crippen LogP contribution in [0.1, 0.15) is 6.42 Å². The Bertz CT molecular complexity index is 1090. The lowest BCUT2D eigenvalue weighted by Crippen LogP contribution is -2.22. The molecule has 134 valence electrons. The topological polar surface area (TPSA) is 90.8 Å². The monoisotopic (exact) mass is 358 g/mol. The summed E-state index contributed by atoms with van der Waals surface area (Å²) in [6.07, 6.45) is 7.63. The van der Waals surface area contributed by atoms with Crippen molar-refractivity contribution < 1.29 is 5.11 Å². The molecule has 1 saturated heterocycles. The van der Waals surface area contributed by atoms with E-state index in [9.17, 15) is 5.11 Å². The second-order valence-corrected chi connectivity index (χ2v) is 6.72. The van der Waals surface area contributed by atoms with Gasteiger partial charge in [-0.15, -0.1) is 0 Å². The first-order valence-corrected chi connectivity index (χ1v) is 8.92. The minimum atomic E-state index is -0.283. The Morgan fingerprint density at radius 3 is 2.85 bits per heavy atom. The lowest BCUT2D eigenvalue weighted by molar-refractivity contribution is 0.198. The highest BCUT2D eigenvalue weighted by molar-refractivity contribution is 5.94. The zero-order chi connectivity index (χ0) is 18.2. The number of rotatable bonds is 3. The molecule has 1 aliphatic rings. The van der Waals surface area contributed by atoms with Crippen LogP contribution in [0.25, 0.3) is 33.4 Å². The van der Waals surface area contributed by atoms with Crippen LogP contribution in [0.4, 0.5) is 5.82 Å². The van der Waals surface area contributed by atoms with E-state index in [2.05, 4.69) is 30.0 Å². The molecular weight excluding hydrogens is 340 g/mol. The third-order valence-corrected chi connectivity index (χ3v) is 4.91. The van der Waals surface area contributed by atoms with Crippen LogP contribution in [-0.4, -0.2) is 49.4 Å². The number of pyridine rings is 3. The van der Waals surface area contributed by atoms with Gasteiger partial charge in [0.15, 0.2) is 0 Å². The fourth-order valence-electron chi connectivity index (χ4n) is 3.50. The zero-order valence-corrected chi connectivity index (χ0v) is 14.6. The van der Waals surface area contributed by atoms with Gasteiger partial charge in [0.25, 0.3) is 0 Å². The van der Waals surface area contributed by atoms with Gasteiger partial charge in [-0.1, -0.05) is 0 Å². The zero-order valence-electron chi connectivity index (χ0n) is 14.6. The van der Waals surface area contributed by atoms with Crippen LogP contribution in [0, 0.1) is 0 Å². The maximum Gasteiger partial charge on any atom is 0.129 e. The lowest BCUT2D eigenvalue weighted by Gasteiger charge is -2.16. The predicted molar refractivity (Wildman–Crippen MR) is 103 cm³/mol. The molecule has 0 aromatic carbocycles. The molecule has 7 heteroatoms. The van der Waals surface area contributed by atoms with E-state index in [0.717, 1.165) is 52.2 Å². The van der Waals surface area contributed by atoms with Crippen molar-refractivity contribution in [3.05, 3.63) is 55.1 Å². The quantitative estimate of drug-likeness (QED) is 0.585. The average molecular weight is 358 g/mol. The Balaban J connectivity index is 1.57. The van der Waals surface area contributed by atoms with Crippen LogP contribution in [0.15, 0.2) is 55.1 Å². The molecule has 27 heavy (non-hydrogen) atoms. The Hall–Kier alpha value is -3.32. The summed E-state index contributed by atoms with van der Waals surface area (Å²) in [5.74, 6) is 0.863. The molecule has 0 radical (unpaired) electrons. The highest BCUT2D eigenvalue weighted by atomic mass is 16.3. The molecule has 0 unspecified atom stereocenters. The number of nitrogens with zero attached hydrogens (tertiary/aromatic N) is 5. The highest BCUT2D eigenvalue weighted by Crippen LogP contribution is 2.30. The molecule has 4 aromatic heterocycles. The maximum atomic E-state index is 9.80. The van der Waals surface area contributed by atoms with Crippen molar-refractivity contribution in [2.24, 2.45) is 0 Å². The third kappa shape index (κ3) is 2.92. The van der Waals surface area contributed by atoms with Crippen molar-refractivity contribution in [2.45, 2.75) is 12.5 Å².